The third-order valence-electron chi connectivity index (χ3n) is 2.38. The molecule has 2 aromatic rings. The molecule has 86 valence electrons. The van der Waals surface area contributed by atoms with Crippen LogP contribution in [-0.2, 0) is 0 Å². The Labute approximate surface area is 99.8 Å². The first kappa shape index (κ1) is 11.2. The summed E-state index contributed by atoms with van der Waals surface area (Å²) >= 11 is 0. The molecule has 0 heterocycles. The second-order valence-electron chi connectivity index (χ2n) is 3.82. The highest BCUT2D eigenvalue weighted by atomic mass is 16.5. The van der Waals surface area contributed by atoms with Crippen LogP contribution in [0.1, 0.15) is 15.9 Å². The van der Waals surface area contributed by atoms with Gasteiger partial charge in [-0.05, 0) is 43.3 Å². The molecule has 0 aromatic heterocycles. The van der Waals surface area contributed by atoms with E-state index in [4.69, 9.17) is 10.5 Å². The Morgan fingerprint density at radius 3 is 2.18 bits per heavy atom. The number of ether oxygens (including phenoxy) is 1. The molecule has 0 spiro atoms. The van der Waals surface area contributed by atoms with Crippen molar-refractivity contribution in [1.82, 2.24) is 0 Å². The molecule has 0 aliphatic carbocycles. The zero-order valence-corrected chi connectivity index (χ0v) is 9.51. The summed E-state index contributed by atoms with van der Waals surface area (Å²) in [7, 11) is 0. The SMILES string of the molecule is Cc1ccc(OC(=O)c2ccc(N)cc2)cc1. The maximum Gasteiger partial charge on any atom is 0.343 e. The standard InChI is InChI=1S/C14H13NO2/c1-10-2-8-13(9-3-10)17-14(16)11-4-6-12(15)7-5-11/h2-9H,15H2,1H3. The molecule has 0 aliphatic rings. The molecule has 0 fully saturated rings. The van der Waals surface area contributed by atoms with E-state index in [-0.39, 0.29) is 5.97 Å². The second kappa shape index (κ2) is 4.70. The number of hydrogen-bond donors (Lipinski definition) is 1. The van der Waals surface area contributed by atoms with E-state index in [2.05, 4.69) is 0 Å². The first-order valence-corrected chi connectivity index (χ1v) is 5.29. The van der Waals surface area contributed by atoms with Gasteiger partial charge in [-0.25, -0.2) is 4.79 Å². The minimum Gasteiger partial charge on any atom is -0.423 e. The zero-order valence-electron chi connectivity index (χ0n) is 9.51. The molecule has 2 aromatic carbocycles. The maximum atomic E-state index is 11.7. The van der Waals surface area contributed by atoms with Crippen molar-refractivity contribution >= 4 is 11.7 Å². The van der Waals surface area contributed by atoms with Gasteiger partial charge in [0.25, 0.3) is 0 Å². The Morgan fingerprint density at radius 2 is 1.59 bits per heavy atom. The van der Waals surface area contributed by atoms with E-state index in [1.807, 2.05) is 19.1 Å². The van der Waals surface area contributed by atoms with Crippen molar-refractivity contribution in [3.8, 4) is 5.75 Å². The number of anilines is 1. The maximum absolute atomic E-state index is 11.7. The predicted molar refractivity (Wildman–Crippen MR) is 67.0 cm³/mol. The van der Waals surface area contributed by atoms with Crippen LogP contribution in [0.25, 0.3) is 0 Å². The van der Waals surface area contributed by atoms with Gasteiger partial charge < -0.3 is 10.5 Å². The molecule has 2 rings (SSSR count). The quantitative estimate of drug-likeness (QED) is 0.487. The minimum absolute atomic E-state index is 0.381. The summed E-state index contributed by atoms with van der Waals surface area (Å²) in [5.41, 5.74) is 7.77. The molecule has 0 aliphatic heterocycles. The van der Waals surface area contributed by atoms with E-state index in [0.29, 0.717) is 17.0 Å². The number of esters is 1. The fraction of sp³-hybridized carbons (Fsp3) is 0.0714. The molecule has 2 N–H and O–H groups in total. The van der Waals surface area contributed by atoms with Crippen LogP contribution in [0.3, 0.4) is 0 Å². The number of carbonyl (C=O) groups is 1. The molecule has 0 radical (unpaired) electrons. The van der Waals surface area contributed by atoms with Crippen molar-refractivity contribution in [3.05, 3.63) is 59.7 Å². The van der Waals surface area contributed by atoms with Gasteiger partial charge in [-0.3, -0.25) is 0 Å². The lowest BCUT2D eigenvalue weighted by Crippen LogP contribution is -2.08. The van der Waals surface area contributed by atoms with Crippen molar-refractivity contribution in [2.75, 3.05) is 5.73 Å². The summed E-state index contributed by atoms with van der Waals surface area (Å²) in [6.07, 6.45) is 0. The van der Waals surface area contributed by atoms with Gasteiger partial charge >= 0.3 is 5.97 Å². The van der Waals surface area contributed by atoms with Crippen molar-refractivity contribution in [1.29, 1.82) is 0 Å². The Bertz CT molecular complexity index is 515. The van der Waals surface area contributed by atoms with E-state index < -0.39 is 0 Å². The number of nitrogen functional groups attached to an aromatic ring is 1. The molecule has 0 saturated heterocycles. The predicted octanol–water partition coefficient (Wildman–Crippen LogP) is 2.80. The second-order valence-corrected chi connectivity index (χ2v) is 3.82. The Kier molecular flexibility index (Phi) is 3.10. The first-order chi connectivity index (χ1) is 8.15. The molecular formula is C14H13NO2. The van der Waals surface area contributed by atoms with Crippen LogP contribution in [0, 0.1) is 6.92 Å². The normalized spacial score (nSPS) is 9.94. The first-order valence-electron chi connectivity index (χ1n) is 5.29. The summed E-state index contributed by atoms with van der Waals surface area (Å²) in [5.74, 6) is 0.159. The lowest BCUT2D eigenvalue weighted by Gasteiger charge is -2.04. The molecule has 0 saturated carbocycles. The monoisotopic (exact) mass is 227 g/mol. The molecule has 0 unspecified atom stereocenters. The smallest absolute Gasteiger partial charge is 0.343 e. The summed E-state index contributed by atoms with van der Waals surface area (Å²) < 4.78 is 5.22. The van der Waals surface area contributed by atoms with Gasteiger partial charge in [-0.15, -0.1) is 0 Å². The number of benzene rings is 2. The van der Waals surface area contributed by atoms with Crippen molar-refractivity contribution in [2.45, 2.75) is 6.92 Å². The van der Waals surface area contributed by atoms with Crippen LogP contribution in [-0.4, -0.2) is 5.97 Å². The van der Waals surface area contributed by atoms with Gasteiger partial charge in [0, 0.05) is 5.69 Å². The van der Waals surface area contributed by atoms with Gasteiger partial charge in [0.15, 0.2) is 0 Å². The van der Waals surface area contributed by atoms with Crippen LogP contribution >= 0.6 is 0 Å². The molecular weight excluding hydrogens is 214 g/mol. The van der Waals surface area contributed by atoms with Crippen LogP contribution in [0.15, 0.2) is 48.5 Å². The summed E-state index contributed by atoms with van der Waals surface area (Å²) in [4.78, 5) is 11.7. The fourth-order valence-corrected chi connectivity index (χ4v) is 1.39. The number of rotatable bonds is 2. The number of carbonyl (C=O) groups excluding carboxylic acids is 1. The minimum atomic E-state index is -0.381. The van der Waals surface area contributed by atoms with E-state index in [0.717, 1.165) is 5.56 Å². The van der Waals surface area contributed by atoms with E-state index in [9.17, 15) is 4.79 Å². The fourth-order valence-electron chi connectivity index (χ4n) is 1.39. The zero-order chi connectivity index (χ0) is 12.3. The van der Waals surface area contributed by atoms with Crippen molar-refractivity contribution in [2.24, 2.45) is 0 Å². The van der Waals surface area contributed by atoms with Crippen LogP contribution in [0.5, 0.6) is 5.75 Å². The largest absolute Gasteiger partial charge is 0.423 e. The van der Waals surface area contributed by atoms with Gasteiger partial charge in [-0.2, -0.15) is 0 Å². The molecule has 3 heteroatoms. The average molecular weight is 227 g/mol. The van der Waals surface area contributed by atoms with E-state index >= 15 is 0 Å². The Morgan fingerprint density at radius 1 is 1.00 bits per heavy atom. The van der Waals surface area contributed by atoms with Gasteiger partial charge in [-0.1, -0.05) is 17.7 Å². The third kappa shape index (κ3) is 2.84. The summed E-state index contributed by atoms with van der Waals surface area (Å²) in [6, 6.07) is 14.0. The van der Waals surface area contributed by atoms with Crippen molar-refractivity contribution in [3.63, 3.8) is 0 Å². The molecule has 3 nitrogen and oxygen atoms in total. The topological polar surface area (TPSA) is 52.3 Å². The number of aryl methyl sites for hydroxylation is 1. The molecule has 17 heavy (non-hydrogen) atoms. The summed E-state index contributed by atoms with van der Waals surface area (Å²) in [6.45, 7) is 1.98. The van der Waals surface area contributed by atoms with Gasteiger partial charge in [0.1, 0.15) is 5.75 Å². The number of nitrogens with two attached hydrogens (primary N) is 1. The molecule has 0 atom stereocenters. The van der Waals surface area contributed by atoms with Crippen LogP contribution < -0.4 is 10.5 Å². The molecule has 0 bridgehead atoms. The highest BCUT2D eigenvalue weighted by Crippen LogP contribution is 2.14. The van der Waals surface area contributed by atoms with E-state index in [1.54, 1.807) is 36.4 Å². The molecule has 0 amide bonds. The van der Waals surface area contributed by atoms with Crippen LogP contribution in [0.4, 0.5) is 5.69 Å². The van der Waals surface area contributed by atoms with Crippen molar-refractivity contribution < 1.29 is 9.53 Å². The van der Waals surface area contributed by atoms with Gasteiger partial charge in [0.2, 0.25) is 0 Å². The third-order valence-corrected chi connectivity index (χ3v) is 2.38. The summed E-state index contributed by atoms with van der Waals surface area (Å²) in [5, 5.41) is 0. The van der Waals surface area contributed by atoms with E-state index in [1.165, 1.54) is 0 Å². The Hall–Kier alpha value is -2.29. The average Bonchev–Trinajstić information content (AvgIpc) is 2.33. The lowest BCUT2D eigenvalue weighted by molar-refractivity contribution is 0.0735. The lowest BCUT2D eigenvalue weighted by atomic mass is 10.2. The highest BCUT2D eigenvalue weighted by molar-refractivity contribution is 5.91. The highest BCUT2D eigenvalue weighted by Gasteiger charge is 2.07. The van der Waals surface area contributed by atoms with Gasteiger partial charge in [0.05, 0.1) is 5.56 Å². The number of hydrogen-bond acceptors (Lipinski definition) is 3. The van der Waals surface area contributed by atoms with Crippen LogP contribution in [0.2, 0.25) is 0 Å². The Balaban J connectivity index is 2.11.